The second-order valence-corrected chi connectivity index (χ2v) is 5.66. The van der Waals surface area contributed by atoms with Crippen LogP contribution >= 0.6 is 11.8 Å². The Hall–Kier alpha value is -1.49. The number of carbonyl (C=O) groups excluding carboxylic acids is 1. The Bertz CT molecular complexity index is 431. The molecular formula is C14H19NO3S. The largest absolute Gasteiger partial charge is 0.481 e. The molecule has 0 aliphatic heterocycles. The van der Waals surface area contributed by atoms with Gasteiger partial charge in [0.25, 0.3) is 0 Å². The predicted octanol–water partition coefficient (Wildman–Crippen LogP) is 2.31. The quantitative estimate of drug-likeness (QED) is 0.753. The van der Waals surface area contributed by atoms with Gasteiger partial charge in [-0.25, -0.2) is 0 Å². The lowest BCUT2D eigenvalue weighted by Gasteiger charge is -2.10. The van der Waals surface area contributed by atoms with Gasteiger partial charge in [0.15, 0.2) is 0 Å². The first kappa shape index (κ1) is 15.6. The maximum atomic E-state index is 11.6. The Labute approximate surface area is 117 Å². The number of hydrogen-bond donors (Lipinski definition) is 2. The number of carboxylic acid groups (broad SMARTS) is 1. The van der Waals surface area contributed by atoms with Gasteiger partial charge in [-0.1, -0.05) is 24.6 Å². The zero-order valence-corrected chi connectivity index (χ0v) is 12.0. The monoisotopic (exact) mass is 281 g/mol. The van der Waals surface area contributed by atoms with Gasteiger partial charge < -0.3 is 10.4 Å². The van der Waals surface area contributed by atoms with E-state index in [0.29, 0.717) is 12.3 Å². The van der Waals surface area contributed by atoms with Crippen molar-refractivity contribution in [2.45, 2.75) is 25.2 Å². The average molecular weight is 281 g/mol. The van der Waals surface area contributed by atoms with Crippen LogP contribution in [0.4, 0.5) is 0 Å². The van der Waals surface area contributed by atoms with E-state index in [2.05, 4.69) is 5.32 Å². The zero-order valence-electron chi connectivity index (χ0n) is 11.2. The molecule has 1 unspecified atom stereocenters. The second-order valence-electron chi connectivity index (χ2n) is 4.61. The van der Waals surface area contributed by atoms with Crippen LogP contribution < -0.4 is 5.32 Å². The minimum Gasteiger partial charge on any atom is -0.481 e. The molecule has 1 atom stereocenters. The number of carbonyl (C=O) groups is 2. The summed E-state index contributed by atoms with van der Waals surface area (Å²) in [6.07, 6.45) is 0.0748. The molecule has 5 heteroatoms. The van der Waals surface area contributed by atoms with E-state index in [-0.39, 0.29) is 18.2 Å². The van der Waals surface area contributed by atoms with E-state index in [1.54, 1.807) is 0 Å². The predicted molar refractivity (Wildman–Crippen MR) is 76.3 cm³/mol. The molecule has 4 nitrogen and oxygen atoms in total. The van der Waals surface area contributed by atoms with Crippen LogP contribution in [-0.2, 0) is 9.59 Å². The van der Waals surface area contributed by atoms with Crippen molar-refractivity contribution >= 4 is 23.6 Å². The van der Waals surface area contributed by atoms with E-state index >= 15 is 0 Å². The molecule has 0 heterocycles. The van der Waals surface area contributed by atoms with Gasteiger partial charge in [0, 0.05) is 17.9 Å². The maximum absolute atomic E-state index is 11.6. The van der Waals surface area contributed by atoms with E-state index < -0.39 is 5.97 Å². The van der Waals surface area contributed by atoms with Crippen LogP contribution in [0.3, 0.4) is 0 Å². The molecule has 0 aromatic heterocycles. The lowest BCUT2D eigenvalue weighted by molar-refractivity contribution is -0.138. The van der Waals surface area contributed by atoms with Crippen LogP contribution in [0.15, 0.2) is 29.2 Å². The molecule has 0 fully saturated rings. The van der Waals surface area contributed by atoms with Gasteiger partial charge in [-0.15, -0.1) is 11.8 Å². The fourth-order valence-electron chi connectivity index (χ4n) is 1.49. The number of thioether (sulfide) groups is 1. The maximum Gasteiger partial charge on any atom is 0.303 e. The van der Waals surface area contributed by atoms with Crippen molar-refractivity contribution in [1.29, 1.82) is 0 Å². The average Bonchev–Trinajstić information content (AvgIpc) is 2.35. The first-order valence-corrected chi connectivity index (χ1v) is 7.14. The summed E-state index contributed by atoms with van der Waals surface area (Å²) in [5.41, 5.74) is 1.19. The van der Waals surface area contributed by atoms with Crippen molar-refractivity contribution < 1.29 is 14.7 Å². The Morgan fingerprint density at radius 2 is 1.95 bits per heavy atom. The number of benzene rings is 1. The minimum atomic E-state index is -0.837. The molecule has 19 heavy (non-hydrogen) atoms. The van der Waals surface area contributed by atoms with E-state index in [1.165, 1.54) is 17.3 Å². The molecule has 0 aliphatic rings. The number of aliphatic carboxylic acids is 1. The highest BCUT2D eigenvalue weighted by Crippen LogP contribution is 2.17. The SMILES string of the molecule is Cc1ccc(SCC(=O)NCC(C)CC(=O)O)cc1. The third kappa shape index (κ3) is 6.86. The van der Waals surface area contributed by atoms with Crippen molar-refractivity contribution in [2.75, 3.05) is 12.3 Å². The van der Waals surface area contributed by atoms with E-state index in [0.717, 1.165) is 4.90 Å². The van der Waals surface area contributed by atoms with Crippen molar-refractivity contribution in [3.05, 3.63) is 29.8 Å². The Kier molecular flexibility index (Phi) is 6.42. The second kappa shape index (κ2) is 7.84. The third-order valence-corrected chi connectivity index (χ3v) is 3.57. The molecule has 2 N–H and O–H groups in total. The topological polar surface area (TPSA) is 66.4 Å². The summed E-state index contributed by atoms with van der Waals surface area (Å²) in [6, 6.07) is 7.99. The van der Waals surface area contributed by atoms with Gasteiger partial charge in [-0.3, -0.25) is 9.59 Å². The summed E-state index contributed by atoms with van der Waals surface area (Å²) >= 11 is 1.47. The summed E-state index contributed by atoms with van der Waals surface area (Å²) in [5.74, 6) is -0.604. The van der Waals surface area contributed by atoms with E-state index in [4.69, 9.17) is 5.11 Å². The van der Waals surface area contributed by atoms with Gasteiger partial charge in [0.2, 0.25) is 5.91 Å². The summed E-state index contributed by atoms with van der Waals surface area (Å²) in [5, 5.41) is 11.4. The summed E-state index contributed by atoms with van der Waals surface area (Å²) in [4.78, 5) is 23.1. The van der Waals surface area contributed by atoms with Gasteiger partial charge in [0.05, 0.1) is 5.75 Å². The molecule has 0 aliphatic carbocycles. The van der Waals surface area contributed by atoms with Crippen LogP contribution in [0.1, 0.15) is 18.9 Å². The van der Waals surface area contributed by atoms with Crippen LogP contribution in [0.2, 0.25) is 0 Å². The molecule has 0 spiro atoms. The number of nitrogens with one attached hydrogen (secondary N) is 1. The molecule has 0 bridgehead atoms. The molecule has 0 saturated carbocycles. The summed E-state index contributed by atoms with van der Waals surface area (Å²) < 4.78 is 0. The van der Waals surface area contributed by atoms with Crippen LogP contribution in [-0.4, -0.2) is 29.3 Å². The first-order valence-electron chi connectivity index (χ1n) is 6.15. The van der Waals surface area contributed by atoms with E-state index in [9.17, 15) is 9.59 Å². The molecular weight excluding hydrogens is 262 g/mol. The summed E-state index contributed by atoms with van der Waals surface area (Å²) in [6.45, 7) is 4.23. The number of carboxylic acids is 1. The molecule has 1 aromatic rings. The molecule has 1 amide bonds. The Balaban J connectivity index is 2.24. The van der Waals surface area contributed by atoms with Gasteiger partial charge >= 0.3 is 5.97 Å². The molecule has 1 rings (SSSR count). The number of rotatable bonds is 7. The minimum absolute atomic E-state index is 0.0502. The van der Waals surface area contributed by atoms with Gasteiger partial charge in [0.1, 0.15) is 0 Å². The Morgan fingerprint density at radius 1 is 1.32 bits per heavy atom. The molecule has 0 saturated heterocycles. The van der Waals surface area contributed by atoms with Crippen LogP contribution in [0.5, 0.6) is 0 Å². The highest BCUT2D eigenvalue weighted by molar-refractivity contribution is 8.00. The number of amides is 1. The molecule has 0 radical (unpaired) electrons. The van der Waals surface area contributed by atoms with Crippen molar-refractivity contribution in [1.82, 2.24) is 5.32 Å². The molecule has 1 aromatic carbocycles. The zero-order chi connectivity index (χ0) is 14.3. The first-order chi connectivity index (χ1) is 8.97. The van der Waals surface area contributed by atoms with Gasteiger partial charge in [-0.05, 0) is 25.0 Å². The van der Waals surface area contributed by atoms with Gasteiger partial charge in [-0.2, -0.15) is 0 Å². The Morgan fingerprint density at radius 3 is 2.53 bits per heavy atom. The lowest BCUT2D eigenvalue weighted by atomic mass is 10.1. The standard InChI is InChI=1S/C14H19NO3S/c1-10-3-5-12(6-4-10)19-9-13(16)15-8-11(2)7-14(17)18/h3-6,11H,7-9H2,1-2H3,(H,15,16)(H,17,18). The number of aryl methyl sites for hydroxylation is 1. The highest BCUT2D eigenvalue weighted by atomic mass is 32.2. The number of hydrogen-bond acceptors (Lipinski definition) is 3. The molecule has 104 valence electrons. The highest BCUT2D eigenvalue weighted by Gasteiger charge is 2.09. The fourth-order valence-corrected chi connectivity index (χ4v) is 2.22. The smallest absolute Gasteiger partial charge is 0.303 e. The van der Waals surface area contributed by atoms with Crippen molar-refractivity contribution in [2.24, 2.45) is 5.92 Å². The lowest BCUT2D eigenvalue weighted by Crippen LogP contribution is -2.30. The van der Waals surface area contributed by atoms with Crippen molar-refractivity contribution in [3.63, 3.8) is 0 Å². The van der Waals surface area contributed by atoms with Crippen LogP contribution in [0, 0.1) is 12.8 Å². The fraction of sp³-hybridized carbons (Fsp3) is 0.429. The normalized spacial score (nSPS) is 11.9. The van der Waals surface area contributed by atoms with Crippen molar-refractivity contribution in [3.8, 4) is 0 Å². The van der Waals surface area contributed by atoms with Crippen LogP contribution in [0.25, 0.3) is 0 Å². The third-order valence-electron chi connectivity index (χ3n) is 2.56. The summed E-state index contributed by atoms with van der Waals surface area (Å²) in [7, 11) is 0. The van der Waals surface area contributed by atoms with E-state index in [1.807, 2.05) is 38.1 Å².